The van der Waals surface area contributed by atoms with Crippen molar-refractivity contribution in [3.63, 3.8) is 0 Å². The number of nitrogens with zero attached hydrogens (tertiary/aromatic N) is 3. The molecule has 3 rings (SSSR count). The molecule has 1 aromatic carbocycles. The highest BCUT2D eigenvalue weighted by atomic mass is 32.1. The van der Waals surface area contributed by atoms with E-state index in [9.17, 15) is 10.1 Å². The maximum absolute atomic E-state index is 12.6. The first-order valence-electron chi connectivity index (χ1n) is 7.45. The molecule has 120 valence electrons. The van der Waals surface area contributed by atoms with Gasteiger partial charge < -0.3 is 4.52 Å². The summed E-state index contributed by atoms with van der Waals surface area (Å²) < 4.78 is 5.08. The number of ketones is 1. The normalized spacial score (nSPS) is 11.9. The second kappa shape index (κ2) is 6.77. The van der Waals surface area contributed by atoms with Crippen LogP contribution in [0.15, 0.2) is 40.2 Å². The van der Waals surface area contributed by atoms with E-state index in [1.165, 1.54) is 11.3 Å². The molecule has 0 N–H and O–H groups in total. The molecule has 0 saturated heterocycles. The van der Waals surface area contributed by atoms with Crippen LogP contribution in [0.4, 0.5) is 0 Å². The van der Waals surface area contributed by atoms with Crippen molar-refractivity contribution >= 4 is 17.1 Å². The van der Waals surface area contributed by atoms with Crippen molar-refractivity contribution < 1.29 is 9.32 Å². The zero-order valence-electron chi connectivity index (χ0n) is 13.3. The fourth-order valence-electron chi connectivity index (χ4n) is 2.46. The van der Waals surface area contributed by atoms with Gasteiger partial charge in [0.2, 0.25) is 0 Å². The molecule has 0 radical (unpaired) electrons. The largest absolute Gasteiger partial charge is 0.361 e. The molecule has 0 unspecified atom stereocenters. The fourth-order valence-corrected chi connectivity index (χ4v) is 3.35. The van der Waals surface area contributed by atoms with Crippen LogP contribution in [-0.2, 0) is 11.2 Å². The molecule has 1 atom stereocenters. The maximum atomic E-state index is 12.6. The lowest BCUT2D eigenvalue weighted by atomic mass is 9.98. The van der Waals surface area contributed by atoms with Crippen LogP contribution in [0.1, 0.15) is 27.9 Å². The molecule has 0 saturated carbocycles. The van der Waals surface area contributed by atoms with Gasteiger partial charge in [-0.05, 0) is 13.8 Å². The SMILES string of the molecule is Cc1noc(C)c1CC(=O)[C@H](C#N)c1nc(-c2ccccc2)cs1. The third-order valence-corrected chi connectivity index (χ3v) is 4.73. The molecule has 3 aromatic rings. The summed E-state index contributed by atoms with van der Waals surface area (Å²) in [5.74, 6) is -0.455. The lowest BCUT2D eigenvalue weighted by Gasteiger charge is -2.05. The van der Waals surface area contributed by atoms with E-state index >= 15 is 0 Å². The Labute approximate surface area is 143 Å². The second-order valence-electron chi connectivity index (χ2n) is 5.44. The van der Waals surface area contributed by atoms with Crippen molar-refractivity contribution in [3.05, 3.63) is 57.7 Å². The molecule has 0 spiro atoms. The van der Waals surface area contributed by atoms with Gasteiger partial charge in [0.05, 0.1) is 17.5 Å². The second-order valence-corrected chi connectivity index (χ2v) is 6.33. The van der Waals surface area contributed by atoms with Crippen LogP contribution in [0.5, 0.6) is 0 Å². The van der Waals surface area contributed by atoms with E-state index in [2.05, 4.69) is 16.2 Å². The quantitative estimate of drug-likeness (QED) is 0.707. The van der Waals surface area contributed by atoms with Crippen molar-refractivity contribution in [1.29, 1.82) is 5.26 Å². The summed E-state index contributed by atoms with van der Waals surface area (Å²) in [5, 5.41) is 15.7. The molecule has 6 heteroatoms. The Bertz CT molecular complexity index is 886. The first-order chi connectivity index (χ1) is 11.6. The van der Waals surface area contributed by atoms with E-state index in [1.807, 2.05) is 35.7 Å². The van der Waals surface area contributed by atoms with Crippen molar-refractivity contribution in [1.82, 2.24) is 10.1 Å². The molecule has 5 nitrogen and oxygen atoms in total. The average molecular weight is 337 g/mol. The number of Topliss-reactive ketones (excluding diaryl/α,β-unsaturated/α-hetero) is 1. The van der Waals surface area contributed by atoms with Gasteiger partial charge in [-0.3, -0.25) is 4.79 Å². The molecule has 24 heavy (non-hydrogen) atoms. The molecular weight excluding hydrogens is 322 g/mol. The minimum absolute atomic E-state index is 0.125. The number of hydrogen-bond acceptors (Lipinski definition) is 6. The molecule has 0 aliphatic heterocycles. The predicted octanol–water partition coefficient (Wildman–Crippen LogP) is 3.83. The molecule has 2 aromatic heterocycles. The zero-order chi connectivity index (χ0) is 17.1. The van der Waals surface area contributed by atoms with Gasteiger partial charge in [-0.2, -0.15) is 5.26 Å². The van der Waals surface area contributed by atoms with Crippen LogP contribution < -0.4 is 0 Å². The summed E-state index contributed by atoms with van der Waals surface area (Å²) >= 11 is 1.33. The van der Waals surface area contributed by atoms with Crippen molar-refractivity contribution in [2.45, 2.75) is 26.2 Å². The van der Waals surface area contributed by atoms with E-state index in [4.69, 9.17) is 4.52 Å². The van der Waals surface area contributed by atoms with E-state index in [0.717, 1.165) is 16.8 Å². The van der Waals surface area contributed by atoms with Gasteiger partial charge in [-0.15, -0.1) is 11.3 Å². The summed E-state index contributed by atoms with van der Waals surface area (Å²) in [6, 6.07) is 11.8. The Kier molecular flexibility index (Phi) is 4.54. The van der Waals surface area contributed by atoms with Crippen molar-refractivity contribution in [2.24, 2.45) is 0 Å². The molecule has 0 aliphatic carbocycles. The monoisotopic (exact) mass is 337 g/mol. The predicted molar refractivity (Wildman–Crippen MR) is 90.6 cm³/mol. The third kappa shape index (κ3) is 3.12. The highest BCUT2D eigenvalue weighted by Gasteiger charge is 2.26. The first kappa shape index (κ1) is 16.1. The van der Waals surface area contributed by atoms with Crippen LogP contribution in [0, 0.1) is 25.2 Å². The fraction of sp³-hybridized carbons (Fsp3) is 0.222. The zero-order valence-corrected chi connectivity index (χ0v) is 14.1. The number of rotatable bonds is 5. The number of thiazole rings is 1. The van der Waals surface area contributed by atoms with Crippen molar-refractivity contribution in [3.8, 4) is 17.3 Å². The molecule has 0 fully saturated rings. The Morgan fingerprint density at radius 3 is 2.71 bits per heavy atom. The molecule has 0 aliphatic rings. The smallest absolute Gasteiger partial charge is 0.161 e. The van der Waals surface area contributed by atoms with Crippen LogP contribution in [0.2, 0.25) is 0 Å². The average Bonchev–Trinajstić information content (AvgIpc) is 3.19. The van der Waals surface area contributed by atoms with Crippen LogP contribution in [0.3, 0.4) is 0 Å². The summed E-state index contributed by atoms with van der Waals surface area (Å²) in [6.07, 6.45) is 0.125. The lowest BCUT2D eigenvalue weighted by molar-refractivity contribution is -0.118. The standard InChI is InChI=1S/C18H15N3O2S/c1-11-14(12(2)23-21-11)8-17(22)15(9-19)18-20-16(10-24-18)13-6-4-3-5-7-13/h3-7,10,15H,8H2,1-2H3/t15-/m0/s1. The summed E-state index contributed by atoms with van der Waals surface area (Å²) in [5.41, 5.74) is 3.18. The minimum Gasteiger partial charge on any atom is -0.361 e. The first-order valence-corrected chi connectivity index (χ1v) is 8.33. The van der Waals surface area contributed by atoms with Gasteiger partial charge in [0, 0.05) is 22.9 Å². The molecule has 0 bridgehead atoms. The van der Waals surface area contributed by atoms with Gasteiger partial charge >= 0.3 is 0 Å². The highest BCUT2D eigenvalue weighted by molar-refractivity contribution is 7.10. The van der Waals surface area contributed by atoms with Gasteiger partial charge in [0.25, 0.3) is 0 Å². The number of aromatic nitrogens is 2. The molecule has 0 amide bonds. The number of aryl methyl sites for hydroxylation is 2. The van der Waals surface area contributed by atoms with E-state index in [1.54, 1.807) is 13.8 Å². The number of carbonyl (C=O) groups excluding carboxylic acids is 1. The number of nitriles is 1. The molecular formula is C18H15N3O2S. The number of benzene rings is 1. The Hall–Kier alpha value is -2.78. The van der Waals surface area contributed by atoms with E-state index in [-0.39, 0.29) is 12.2 Å². The summed E-state index contributed by atoms with van der Waals surface area (Å²) in [4.78, 5) is 17.1. The maximum Gasteiger partial charge on any atom is 0.161 e. The van der Waals surface area contributed by atoms with Crippen LogP contribution >= 0.6 is 11.3 Å². The topological polar surface area (TPSA) is 79.8 Å². The van der Waals surface area contributed by atoms with Crippen molar-refractivity contribution in [2.75, 3.05) is 0 Å². The Morgan fingerprint density at radius 2 is 2.08 bits per heavy atom. The number of hydrogen-bond donors (Lipinski definition) is 0. The van der Waals surface area contributed by atoms with Gasteiger partial charge in [-0.25, -0.2) is 4.98 Å². The van der Waals surface area contributed by atoms with Gasteiger partial charge in [0.1, 0.15) is 10.8 Å². The Morgan fingerprint density at radius 1 is 1.33 bits per heavy atom. The van der Waals surface area contributed by atoms with Gasteiger partial charge in [0.15, 0.2) is 11.7 Å². The summed E-state index contributed by atoms with van der Waals surface area (Å²) in [7, 11) is 0. The summed E-state index contributed by atoms with van der Waals surface area (Å²) in [6.45, 7) is 3.55. The minimum atomic E-state index is -0.874. The van der Waals surface area contributed by atoms with Crippen LogP contribution in [0.25, 0.3) is 11.3 Å². The van der Waals surface area contributed by atoms with E-state index in [0.29, 0.717) is 16.5 Å². The Balaban J connectivity index is 1.83. The third-order valence-electron chi connectivity index (χ3n) is 3.82. The van der Waals surface area contributed by atoms with Crippen LogP contribution in [-0.4, -0.2) is 15.9 Å². The van der Waals surface area contributed by atoms with E-state index < -0.39 is 5.92 Å². The van der Waals surface area contributed by atoms with Gasteiger partial charge in [-0.1, -0.05) is 35.5 Å². The molecule has 2 heterocycles. The lowest BCUT2D eigenvalue weighted by Crippen LogP contribution is -2.14. The highest BCUT2D eigenvalue weighted by Crippen LogP contribution is 2.28. The number of carbonyl (C=O) groups is 1.